The number of aryl methyl sites for hydroxylation is 2. The highest BCUT2D eigenvalue weighted by Crippen LogP contribution is 2.00. The van der Waals surface area contributed by atoms with Crippen LogP contribution in [-0.4, -0.2) is 33.4 Å². The summed E-state index contributed by atoms with van der Waals surface area (Å²) in [4.78, 5) is 11.5. The third kappa shape index (κ3) is 2.56. The van der Waals surface area contributed by atoms with Crippen LogP contribution in [0.4, 0.5) is 0 Å². The predicted octanol–water partition coefficient (Wildman–Crippen LogP) is -0.161. The van der Waals surface area contributed by atoms with Crippen molar-refractivity contribution in [1.82, 2.24) is 15.1 Å². The van der Waals surface area contributed by atoms with E-state index in [1.165, 1.54) is 4.68 Å². The van der Waals surface area contributed by atoms with Crippen molar-refractivity contribution >= 4 is 5.91 Å². The molecule has 0 bridgehead atoms. The third-order valence-electron chi connectivity index (χ3n) is 1.79. The van der Waals surface area contributed by atoms with E-state index in [0.29, 0.717) is 5.69 Å². The molecule has 0 aliphatic carbocycles. The van der Waals surface area contributed by atoms with E-state index < -0.39 is 6.10 Å². The van der Waals surface area contributed by atoms with Gasteiger partial charge >= 0.3 is 0 Å². The lowest BCUT2D eigenvalue weighted by Crippen LogP contribution is -2.31. The molecule has 1 aromatic rings. The first-order chi connectivity index (χ1) is 6.50. The molecule has 0 radical (unpaired) electrons. The Morgan fingerprint density at radius 1 is 1.79 bits per heavy atom. The Balaban J connectivity index is 2.65. The van der Waals surface area contributed by atoms with Gasteiger partial charge < -0.3 is 10.4 Å². The summed E-state index contributed by atoms with van der Waals surface area (Å²) >= 11 is 0. The second-order valence-corrected chi connectivity index (χ2v) is 3.35. The van der Waals surface area contributed by atoms with Gasteiger partial charge in [0.25, 0.3) is 5.91 Å². The fourth-order valence-electron chi connectivity index (χ4n) is 1.15. The Bertz CT molecular complexity index is 331. The molecule has 1 amide bonds. The van der Waals surface area contributed by atoms with Crippen molar-refractivity contribution < 1.29 is 9.90 Å². The fourth-order valence-corrected chi connectivity index (χ4v) is 1.15. The largest absolute Gasteiger partial charge is 0.392 e. The van der Waals surface area contributed by atoms with Crippen molar-refractivity contribution in [1.29, 1.82) is 0 Å². The number of nitrogens with one attached hydrogen (secondary N) is 1. The minimum atomic E-state index is -0.534. The molecule has 1 unspecified atom stereocenters. The van der Waals surface area contributed by atoms with Crippen LogP contribution in [0.5, 0.6) is 0 Å². The smallest absolute Gasteiger partial charge is 0.269 e. The number of hydrogen-bond acceptors (Lipinski definition) is 3. The molecule has 5 heteroatoms. The highest BCUT2D eigenvalue weighted by atomic mass is 16.3. The summed E-state index contributed by atoms with van der Waals surface area (Å²) in [6.07, 6.45) is -0.534. The zero-order chi connectivity index (χ0) is 10.7. The first-order valence-corrected chi connectivity index (χ1v) is 4.47. The topological polar surface area (TPSA) is 67.2 Å². The average molecular weight is 197 g/mol. The quantitative estimate of drug-likeness (QED) is 0.707. The lowest BCUT2D eigenvalue weighted by atomic mass is 10.3. The predicted molar refractivity (Wildman–Crippen MR) is 52.0 cm³/mol. The first-order valence-electron chi connectivity index (χ1n) is 4.47. The van der Waals surface area contributed by atoms with E-state index in [4.69, 9.17) is 5.11 Å². The van der Waals surface area contributed by atoms with Gasteiger partial charge in [-0.1, -0.05) is 0 Å². The number of aromatic nitrogens is 2. The van der Waals surface area contributed by atoms with Gasteiger partial charge in [0.1, 0.15) is 5.69 Å². The SMILES string of the molecule is Cc1cc(C(=O)NCC(C)O)n(C)n1. The van der Waals surface area contributed by atoms with Crippen molar-refractivity contribution in [3.8, 4) is 0 Å². The van der Waals surface area contributed by atoms with Gasteiger partial charge in [-0.2, -0.15) is 5.10 Å². The monoisotopic (exact) mass is 197 g/mol. The zero-order valence-electron chi connectivity index (χ0n) is 8.61. The van der Waals surface area contributed by atoms with Crippen molar-refractivity contribution in [3.05, 3.63) is 17.5 Å². The Morgan fingerprint density at radius 3 is 2.86 bits per heavy atom. The van der Waals surface area contributed by atoms with Gasteiger partial charge in [0.05, 0.1) is 11.8 Å². The van der Waals surface area contributed by atoms with Crippen LogP contribution in [0.1, 0.15) is 23.1 Å². The number of aliphatic hydroxyl groups excluding tert-OH is 1. The highest BCUT2D eigenvalue weighted by molar-refractivity contribution is 5.92. The molecule has 78 valence electrons. The highest BCUT2D eigenvalue weighted by Gasteiger charge is 2.11. The van der Waals surface area contributed by atoms with Gasteiger partial charge in [0, 0.05) is 13.6 Å². The lowest BCUT2D eigenvalue weighted by Gasteiger charge is -2.06. The molecule has 5 nitrogen and oxygen atoms in total. The summed E-state index contributed by atoms with van der Waals surface area (Å²) in [6.45, 7) is 3.70. The number of rotatable bonds is 3. The molecule has 0 spiro atoms. The van der Waals surface area contributed by atoms with E-state index in [0.717, 1.165) is 5.69 Å². The standard InChI is InChI=1S/C9H15N3O2/c1-6-4-8(12(3)11-6)9(14)10-5-7(2)13/h4,7,13H,5H2,1-3H3,(H,10,14). The first kappa shape index (κ1) is 10.7. The second kappa shape index (κ2) is 4.23. The lowest BCUT2D eigenvalue weighted by molar-refractivity contribution is 0.0914. The van der Waals surface area contributed by atoms with Crippen LogP contribution < -0.4 is 5.32 Å². The maximum absolute atomic E-state index is 11.5. The van der Waals surface area contributed by atoms with Gasteiger partial charge in [-0.15, -0.1) is 0 Å². The summed E-state index contributed by atoms with van der Waals surface area (Å²) in [5.74, 6) is -0.214. The van der Waals surface area contributed by atoms with Crippen LogP contribution in [-0.2, 0) is 7.05 Å². The summed E-state index contributed by atoms with van der Waals surface area (Å²) in [5.41, 5.74) is 1.30. The van der Waals surface area contributed by atoms with E-state index in [-0.39, 0.29) is 12.5 Å². The van der Waals surface area contributed by atoms with Crippen molar-refractivity contribution in [2.24, 2.45) is 7.05 Å². The number of nitrogens with zero attached hydrogens (tertiary/aromatic N) is 2. The molecule has 0 aliphatic rings. The number of amides is 1. The van der Waals surface area contributed by atoms with Crippen molar-refractivity contribution in [3.63, 3.8) is 0 Å². The number of hydrogen-bond donors (Lipinski definition) is 2. The maximum Gasteiger partial charge on any atom is 0.269 e. The van der Waals surface area contributed by atoms with E-state index in [1.54, 1.807) is 20.0 Å². The van der Waals surface area contributed by atoms with Crippen molar-refractivity contribution in [2.45, 2.75) is 20.0 Å². The summed E-state index contributed by atoms with van der Waals surface area (Å²) in [6, 6.07) is 1.71. The van der Waals surface area contributed by atoms with Gasteiger partial charge in [0.2, 0.25) is 0 Å². The fraction of sp³-hybridized carbons (Fsp3) is 0.556. The van der Waals surface area contributed by atoms with Crippen LogP contribution in [0.2, 0.25) is 0 Å². The molecule has 0 saturated carbocycles. The summed E-state index contributed by atoms with van der Waals surface area (Å²) in [7, 11) is 1.71. The van der Waals surface area contributed by atoms with Gasteiger partial charge in [-0.05, 0) is 19.9 Å². The minimum Gasteiger partial charge on any atom is -0.392 e. The van der Waals surface area contributed by atoms with E-state index in [2.05, 4.69) is 10.4 Å². The Labute approximate surface area is 82.7 Å². The Morgan fingerprint density at radius 2 is 2.43 bits per heavy atom. The molecular weight excluding hydrogens is 182 g/mol. The maximum atomic E-state index is 11.5. The van der Waals surface area contributed by atoms with E-state index in [1.807, 2.05) is 6.92 Å². The normalized spacial score (nSPS) is 12.6. The molecule has 14 heavy (non-hydrogen) atoms. The van der Waals surface area contributed by atoms with E-state index >= 15 is 0 Å². The van der Waals surface area contributed by atoms with Crippen LogP contribution >= 0.6 is 0 Å². The Kier molecular flexibility index (Phi) is 3.24. The Hall–Kier alpha value is -1.36. The summed E-state index contributed by atoms with van der Waals surface area (Å²) < 4.78 is 1.52. The van der Waals surface area contributed by atoms with Crippen LogP contribution in [0.3, 0.4) is 0 Å². The molecule has 0 aliphatic heterocycles. The molecule has 1 rings (SSSR count). The van der Waals surface area contributed by atoms with Crippen LogP contribution in [0.25, 0.3) is 0 Å². The van der Waals surface area contributed by atoms with Gasteiger partial charge in [-0.3, -0.25) is 9.48 Å². The number of aliphatic hydroxyl groups is 1. The minimum absolute atomic E-state index is 0.214. The molecule has 2 N–H and O–H groups in total. The molecule has 0 aromatic carbocycles. The van der Waals surface area contributed by atoms with Crippen LogP contribution in [0, 0.1) is 6.92 Å². The number of carbonyl (C=O) groups is 1. The average Bonchev–Trinajstić information content (AvgIpc) is 2.41. The van der Waals surface area contributed by atoms with Gasteiger partial charge in [-0.25, -0.2) is 0 Å². The molecule has 0 saturated heterocycles. The van der Waals surface area contributed by atoms with Crippen molar-refractivity contribution in [2.75, 3.05) is 6.54 Å². The third-order valence-corrected chi connectivity index (χ3v) is 1.79. The molecule has 1 heterocycles. The number of carbonyl (C=O) groups excluding carboxylic acids is 1. The van der Waals surface area contributed by atoms with E-state index in [9.17, 15) is 4.79 Å². The summed E-state index contributed by atoms with van der Waals surface area (Å²) in [5, 5.41) is 15.6. The second-order valence-electron chi connectivity index (χ2n) is 3.35. The molecule has 1 atom stereocenters. The van der Waals surface area contributed by atoms with Crippen LogP contribution in [0.15, 0.2) is 6.07 Å². The molecular formula is C9H15N3O2. The zero-order valence-corrected chi connectivity index (χ0v) is 8.61. The van der Waals surface area contributed by atoms with Gasteiger partial charge in [0.15, 0.2) is 0 Å². The molecule has 0 fully saturated rings. The molecule has 1 aromatic heterocycles.